The largest absolute Gasteiger partial charge is 0.349 e. The lowest BCUT2D eigenvalue weighted by Gasteiger charge is -2.10. The van der Waals surface area contributed by atoms with Gasteiger partial charge in [-0.25, -0.2) is 0 Å². The number of carbonyl (C=O) groups excluding carboxylic acids is 2. The zero-order valence-corrected chi connectivity index (χ0v) is 13.3. The molecule has 0 aliphatic heterocycles. The van der Waals surface area contributed by atoms with E-state index in [1.165, 1.54) is 0 Å². The van der Waals surface area contributed by atoms with Gasteiger partial charge in [-0.1, -0.05) is 18.2 Å². The van der Waals surface area contributed by atoms with Crippen LogP contribution in [0.25, 0.3) is 0 Å². The van der Waals surface area contributed by atoms with E-state index in [1.54, 1.807) is 24.3 Å². The van der Waals surface area contributed by atoms with Crippen molar-refractivity contribution in [3.05, 3.63) is 64.7 Å². The summed E-state index contributed by atoms with van der Waals surface area (Å²) in [4.78, 5) is 24.5. The van der Waals surface area contributed by atoms with Gasteiger partial charge in [0.25, 0.3) is 11.8 Å². The second-order valence-corrected chi connectivity index (χ2v) is 6.10. The number of rotatable bonds is 4. The molecule has 1 aliphatic rings. The first-order valence-corrected chi connectivity index (χ1v) is 7.82. The van der Waals surface area contributed by atoms with Crippen molar-refractivity contribution >= 4 is 17.5 Å². The van der Waals surface area contributed by atoms with Crippen LogP contribution in [-0.2, 0) is 0 Å². The predicted octanol–water partition coefficient (Wildman–Crippen LogP) is 3.45. The first-order valence-electron chi connectivity index (χ1n) is 7.82. The summed E-state index contributed by atoms with van der Waals surface area (Å²) in [6.45, 7) is 3.94. The predicted molar refractivity (Wildman–Crippen MR) is 90.8 cm³/mol. The highest BCUT2D eigenvalue weighted by atomic mass is 16.2. The second-order valence-electron chi connectivity index (χ2n) is 6.10. The van der Waals surface area contributed by atoms with Crippen LogP contribution in [0.2, 0.25) is 0 Å². The van der Waals surface area contributed by atoms with Crippen LogP contribution >= 0.6 is 0 Å². The van der Waals surface area contributed by atoms with E-state index < -0.39 is 0 Å². The molecule has 4 nitrogen and oxygen atoms in total. The SMILES string of the molecule is Cc1ccc(C)c(NC(=O)c2cccc(C(=O)NC3CC3)c2)c1. The fraction of sp³-hybridized carbons (Fsp3) is 0.263. The van der Waals surface area contributed by atoms with Crippen LogP contribution in [0, 0.1) is 13.8 Å². The van der Waals surface area contributed by atoms with Gasteiger partial charge < -0.3 is 10.6 Å². The quantitative estimate of drug-likeness (QED) is 0.909. The van der Waals surface area contributed by atoms with Gasteiger partial charge in [0.05, 0.1) is 0 Å². The molecule has 2 amide bonds. The minimum absolute atomic E-state index is 0.117. The molecule has 2 aromatic carbocycles. The third-order valence-electron chi connectivity index (χ3n) is 3.94. The third-order valence-corrected chi connectivity index (χ3v) is 3.94. The topological polar surface area (TPSA) is 58.2 Å². The smallest absolute Gasteiger partial charge is 0.255 e. The lowest BCUT2D eigenvalue weighted by Crippen LogP contribution is -2.25. The maximum atomic E-state index is 12.4. The monoisotopic (exact) mass is 308 g/mol. The van der Waals surface area contributed by atoms with E-state index in [2.05, 4.69) is 10.6 Å². The van der Waals surface area contributed by atoms with Gasteiger partial charge in [-0.05, 0) is 62.1 Å². The zero-order valence-electron chi connectivity index (χ0n) is 13.3. The number of aryl methyl sites for hydroxylation is 2. The van der Waals surface area contributed by atoms with Crippen LogP contribution in [0.4, 0.5) is 5.69 Å². The maximum Gasteiger partial charge on any atom is 0.255 e. The zero-order chi connectivity index (χ0) is 16.4. The highest BCUT2D eigenvalue weighted by molar-refractivity contribution is 6.06. The number of hydrogen-bond donors (Lipinski definition) is 2. The Hall–Kier alpha value is -2.62. The van der Waals surface area contributed by atoms with Crippen molar-refractivity contribution in [1.29, 1.82) is 0 Å². The molecule has 23 heavy (non-hydrogen) atoms. The molecule has 0 saturated heterocycles. The van der Waals surface area contributed by atoms with Gasteiger partial charge in [0.2, 0.25) is 0 Å². The fourth-order valence-electron chi connectivity index (χ4n) is 2.36. The first kappa shape index (κ1) is 15.3. The maximum absolute atomic E-state index is 12.4. The highest BCUT2D eigenvalue weighted by Gasteiger charge is 2.24. The van der Waals surface area contributed by atoms with Crippen molar-refractivity contribution in [3.63, 3.8) is 0 Å². The molecule has 3 rings (SSSR count). The van der Waals surface area contributed by atoms with Crippen LogP contribution in [0.15, 0.2) is 42.5 Å². The van der Waals surface area contributed by atoms with Gasteiger partial charge in [0, 0.05) is 22.9 Å². The number of anilines is 1. The number of hydrogen-bond acceptors (Lipinski definition) is 2. The molecule has 2 N–H and O–H groups in total. The van der Waals surface area contributed by atoms with E-state index in [9.17, 15) is 9.59 Å². The molecule has 0 spiro atoms. The van der Waals surface area contributed by atoms with Crippen LogP contribution in [0.3, 0.4) is 0 Å². The molecule has 0 radical (unpaired) electrons. The Morgan fingerprint density at radius 2 is 1.65 bits per heavy atom. The van der Waals surface area contributed by atoms with Gasteiger partial charge >= 0.3 is 0 Å². The van der Waals surface area contributed by atoms with E-state index in [0.29, 0.717) is 17.2 Å². The Kier molecular flexibility index (Phi) is 4.15. The van der Waals surface area contributed by atoms with E-state index in [0.717, 1.165) is 29.7 Å². The Labute approximate surface area is 135 Å². The third kappa shape index (κ3) is 3.77. The molecule has 0 atom stereocenters. The van der Waals surface area contributed by atoms with Crippen molar-refractivity contribution in [3.8, 4) is 0 Å². The van der Waals surface area contributed by atoms with Crippen LogP contribution < -0.4 is 10.6 Å². The molecule has 0 unspecified atom stereocenters. The number of benzene rings is 2. The Morgan fingerprint density at radius 1 is 0.957 bits per heavy atom. The molecule has 0 heterocycles. The molecule has 118 valence electrons. The Bertz CT molecular complexity index is 764. The van der Waals surface area contributed by atoms with E-state index in [1.807, 2.05) is 32.0 Å². The normalized spacial score (nSPS) is 13.5. The summed E-state index contributed by atoms with van der Waals surface area (Å²) in [5, 5.41) is 5.85. The van der Waals surface area contributed by atoms with Crippen molar-refractivity contribution in [2.24, 2.45) is 0 Å². The van der Waals surface area contributed by atoms with Gasteiger partial charge in [-0.3, -0.25) is 9.59 Å². The summed E-state index contributed by atoms with van der Waals surface area (Å²) < 4.78 is 0. The second kappa shape index (κ2) is 6.24. The number of carbonyl (C=O) groups is 2. The fourth-order valence-corrected chi connectivity index (χ4v) is 2.36. The Balaban J connectivity index is 1.76. The summed E-state index contributed by atoms with van der Waals surface area (Å²) in [5.41, 5.74) is 3.89. The van der Waals surface area contributed by atoms with Gasteiger partial charge in [0.15, 0.2) is 0 Å². The van der Waals surface area contributed by atoms with Gasteiger partial charge in [-0.2, -0.15) is 0 Å². The van der Waals surface area contributed by atoms with Crippen LogP contribution in [0.1, 0.15) is 44.7 Å². The van der Waals surface area contributed by atoms with Gasteiger partial charge in [-0.15, -0.1) is 0 Å². The molecule has 1 aliphatic carbocycles. The molecule has 4 heteroatoms. The van der Waals surface area contributed by atoms with Crippen molar-refractivity contribution in [2.45, 2.75) is 32.7 Å². The summed E-state index contributed by atoms with van der Waals surface area (Å²) in [6, 6.07) is 13.0. The van der Waals surface area contributed by atoms with E-state index >= 15 is 0 Å². The summed E-state index contributed by atoms with van der Waals surface area (Å²) in [5.74, 6) is -0.325. The standard InChI is InChI=1S/C19H20N2O2/c1-12-6-7-13(2)17(10-12)21-19(23)15-5-3-4-14(11-15)18(22)20-16-8-9-16/h3-7,10-11,16H,8-9H2,1-2H3,(H,20,22)(H,21,23). The van der Waals surface area contributed by atoms with Crippen molar-refractivity contribution in [2.75, 3.05) is 5.32 Å². The van der Waals surface area contributed by atoms with E-state index in [-0.39, 0.29) is 11.8 Å². The van der Waals surface area contributed by atoms with Gasteiger partial charge in [0.1, 0.15) is 0 Å². The average Bonchev–Trinajstić information content (AvgIpc) is 3.35. The van der Waals surface area contributed by atoms with Crippen LogP contribution in [0.5, 0.6) is 0 Å². The molecule has 0 bridgehead atoms. The number of nitrogens with one attached hydrogen (secondary N) is 2. The molecule has 1 saturated carbocycles. The lowest BCUT2D eigenvalue weighted by atomic mass is 10.1. The summed E-state index contributed by atoms with van der Waals surface area (Å²) >= 11 is 0. The molecule has 0 aromatic heterocycles. The number of amides is 2. The summed E-state index contributed by atoms with van der Waals surface area (Å²) in [6.07, 6.45) is 2.08. The van der Waals surface area contributed by atoms with E-state index in [4.69, 9.17) is 0 Å². The minimum atomic E-state index is -0.209. The van der Waals surface area contributed by atoms with Crippen molar-refractivity contribution < 1.29 is 9.59 Å². The molecule has 1 fully saturated rings. The lowest BCUT2D eigenvalue weighted by molar-refractivity contribution is 0.0951. The van der Waals surface area contributed by atoms with Crippen LogP contribution in [-0.4, -0.2) is 17.9 Å². The average molecular weight is 308 g/mol. The molecular formula is C19H20N2O2. The Morgan fingerprint density at radius 3 is 2.35 bits per heavy atom. The first-order chi connectivity index (χ1) is 11.0. The molecular weight excluding hydrogens is 288 g/mol. The summed E-state index contributed by atoms with van der Waals surface area (Å²) in [7, 11) is 0. The minimum Gasteiger partial charge on any atom is -0.349 e. The molecule has 2 aromatic rings. The highest BCUT2D eigenvalue weighted by Crippen LogP contribution is 2.20. The van der Waals surface area contributed by atoms with Crippen molar-refractivity contribution in [1.82, 2.24) is 5.32 Å².